The fourth-order valence-corrected chi connectivity index (χ4v) is 3.20. The van der Waals surface area contributed by atoms with Crippen LogP contribution in [0.2, 0.25) is 0 Å². The van der Waals surface area contributed by atoms with Crippen molar-refractivity contribution in [1.29, 1.82) is 0 Å². The van der Waals surface area contributed by atoms with Gasteiger partial charge in [-0.2, -0.15) is 9.61 Å². The highest BCUT2D eigenvalue weighted by molar-refractivity contribution is 5.67. The third-order valence-electron chi connectivity index (χ3n) is 4.40. The Morgan fingerprint density at radius 3 is 2.70 bits per heavy atom. The van der Waals surface area contributed by atoms with Crippen molar-refractivity contribution in [2.75, 3.05) is 12.5 Å². The molecule has 0 atom stereocenters. The van der Waals surface area contributed by atoms with E-state index in [4.69, 9.17) is 15.6 Å². The first-order valence-electron chi connectivity index (χ1n) is 7.82. The predicted octanol–water partition coefficient (Wildman–Crippen LogP) is 2.57. The Morgan fingerprint density at radius 1 is 1.17 bits per heavy atom. The van der Waals surface area contributed by atoms with Crippen LogP contribution >= 0.6 is 0 Å². The van der Waals surface area contributed by atoms with Crippen molar-refractivity contribution in [3.63, 3.8) is 0 Å². The topological polar surface area (TPSA) is 77.5 Å². The second-order valence-corrected chi connectivity index (χ2v) is 5.77. The van der Waals surface area contributed by atoms with Crippen molar-refractivity contribution in [2.24, 2.45) is 5.84 Å². The highest BCUT2D eigenvalue weighted by Crippen LogP contribution is 2.29. The number of hydrogen-bond acceptors (Lipinski definition) is 5. The van der Waals surface area contributed by atoms with Crippen LogP contribution < -0.4 is 16.0 Å². The van der Waals surface area contributed by atoms with Gasteiger partial charge in [-0.3, -0.25) is 0 Å². The minimum Gasteiger partial charge on any atom is -0.497 e. The van der Waals surface area contributed by atoms with E-state index in [0.717, 1.165) is 47.0 Å². The summed E-state index contributed by atoms with van der Waals surface area (Å²) in [6.45, 7) is 0. The number of aryl methyl sites for hydroxylation is 1. The molecule has 0 amide bonds. The van der Waals surface area contributed by atoms with Gasteiger partial charge >= 0.3 is 0 Å². The van der Waals surface area contributed by atoms with Crippen LogP contribution in [-0.4, -0.2) is 21.7 Å². The molecule has 6 nitrogen and oxygen atoms in total. The number of nitrogens with zero attached hydrogens (tertiary/aromatic N) is 3. The van der Waals surface area contributed by atoms with Gasteiger partial charge in [-0.1, -0.05) is 0 Å². The first-order chi connectivity index (χ1) is 11.3. The van der Waals surface area contributed by atoms with Gasteiger partial charge in [0.2, 0.25) is 0 Å². The molecule has 118 valence electrons. The molecule has 3 N–H and O–H groups in total. The molecule has 6 heteroatoms. The number of benzene rings is 1. The summed E-state index contributed by atoms with van der Waals surface area (Å²) in [5, 5.41) is 4.69. The van der Waals surface area contributed by atoms with Crippen molar-refractivity contribution in [2.45, 2.75) is 25.7 Å². The first-order valence-corrected chi connectivity index (χ1v) is 7.82. The molecule has 0 saturated carbocycles. The second kappa shape index (κ2) is 5.55. The van der Waals surface area contributed by atoms with E-state index in [0.29, 0.717) is 0 Å². The molecule has 1 aliphatic rings. The third-order valence-corrected chi connectivity index (χ3v) is 4.40. The Morgan fingerprint density at radius 2 is 1.96 bits per heavy atom. The average Bonchev–Trinajstić information content (AvgIpc) is 3.03. The van der Waals surface area contributed by atoms with Crippen LogP contribution in [0.4, 0.5) is 5.82 Å². The lowest BCUT2D eigenvalue weighted by atomic mass is 9.96. The Hall–Kier alpha value is -2.60. The molecule has 2 aromatic heterocycles. The van der Waals surface area contributed by atoms with E-state index >= 15 is 0 Å². The zero-order chi connectivity index (χ0) is 15.8. The molecule has 0 aliphatic heterocycles. The number of hydrazine groups is 1. The van der Waals surface area contributed by atoms with Crippen molar-refractivity contribution >= 4 is 11.5 Å². The fourth-order valence-electron chi connectivity index (χ4n) is 3.20. The van der Waals surface area contributed by atoms with Gasteiger partial charge < -0.3 is 10.2 Å². The van der Waals surface area contributed by atoms with Gasteiger partial charge in [0.25, 0.3) is 0 Å². The lowest BCUT2D eigenvalue weighted by Crippen LogP contribution is -2.18. The first kappa shape index (κ1) is 14.0. The molecule has 0 unspecified atom stereocenters. The molecule has 1 aliphatic carbocycles. The molecule has 1 aromatic carbocycles. The van der Waals surface area contributed by atoms with E-state index in [1.807, 2.05) is 34.8 Å². The smallest absolute Gasteiger partial charge is 0.158 e. The molecule has 0 radical (unpaired) electrons. The Balaban J connectivity index is 1.86. The number of ether oxygens (including phenoxy) is 1. The summed E-state index contributed by atoms with van der Waals surface area (Å²) in [6.07, 6.45) is 4.35. The van der Waals surface area contributed by atoms with E-state index in [9.17, 15) is 0 Å². The number of nitrogens with one attached hydrogen (secondary N) is 1. The van der Waals surface area contributed by atoms with Crippen LogP contribution in [0.5, 0.6) is 5.75 Å². The van der Waals surface area contributed by atoms with Gasteiger partial charge in [-0.25, -0.2) is 10.8 Å². The largest absolute Gasteiger partial charge is 0.497 e. The minimum atomic E-state index is 0.824. The quantitative estimate of drug-likeness (QED) is 0.574. The molecule has 4 rings (SSSR count). The highest BCUT2D eigenvalue weighted by Gasteiger charge is 2.19. The zero-order valence-electron chi connectivity index (χ0n) is 13.0. The molecule has 3 aromatic rings. The van der Waals surface area contributed by atoms with E-state index in [1.54, 1.807) is 7.11 Å². The predicted molar refractivity (Wildman–Crippen MR) is 89.4 cm³/mol. The van der Waals surface area contributed by atoms with Crippen LogP contribution in [0.3, 0.4) is 0 Å². The highest BCUT2D eigenvalue weighted by atomic mass is 16.5. The summed E-state index contributed by atoms with van der Waals surface area (Å²) in [5.74, 6) is 7.45. The standard InChI is InChI=1S/C17H19N5O/c1-23-12-8-6-11(7-9-12)15-10-16-19-14-5-3-2-4-13(14)17(20-18)22(16)21-15/h6-10,20H,2-5,18H2,1H3. The summed E-state index contributed by atoms with van der Waals surface area (Å²) < 4.78 is 7.01. The lowest BCUT2D eigenvalue weighted by molar-refractivity contribution is 0.415. The maximum atomic E-state index is 5.77. The van der Waals surface area contributed by atoms with Gasteiger partial charge in [0, 0.05) is 22.9 Å². The summed E-state index contributed by atoms with van der Waals surface area (Å²) >= 11 is 0. The molecule has 0 saturated heterocycles. The molecular weight excluding hydrogens is 290 g/mol. The number of anilines is 1. The van der Waals surface area contributed by atoms with E-state index in [2.05, 4.69) is 10.5 Å². The van der Waals surface area contributed by atoms with Gasteiger partial charge in [0.15, 0.2) is 5.65 Å². The lowest BCUT2D eigenvalue weighted by Gasteiger charge is -2.18. The van der Waals surface area contributed by atoms with E-state index in [1.165, 1.54) is 18.4 Å². The summed E-state index contributed by atoms with van der Waals surface area (Å²) in [7, 11) is 1.66. The fraction of sp³-hybridized carbons (Fsp3) is 0.294. The Bertz CT molecular complexity index is 854. The maximum Gasteiger partial charge on any atom is 0.158 e. The zero-order valence-corrected chi connectivity index (χ0v) is 13.0. The van der Waals surface area contributed by atoms with Gasteiger partial charge in [0.05, 0.1) is 12.8 Å². The maximum absolute atomic E-state index is 5.77. The molecule has 0 spiro atoms. The summed E-state index contributed by atoms with van der Waals surface area (Å²) in [4.78, 5) is 4.78. The Labute approximate surface area is 134 Å². The van der Waals surface area contributed by atoms with E-state index in [-0.39, 0.29) is 0 Å². The normalized spacial score (nSPS) is 13.8. The van der Waals surface area contributed by atoms with Gasteiger partial charge in [-0.05, 0) is 49.9 Å². The van der Waals surface area contributed by atoms with Crippen molar-refractivity contribution in [1.82, 2.24) is 14.6 Å². The molecule has 0 fully saturated rings. The van der Waals surface area contributed by atoms with E-state index < -0.39 is 0 Å². The van der Waals surface area contributed by atoms with Gasteiger partial charge in [-0.15, -0.1) is 0 Å². The summed E-state index contributed by atoms with van der Waals surface area (Å²) in [6, 6.07) is 9.85. The average molecular weight is 309 g/mol. The number of hydrogen-bond donors (Lipinski definition) is 2. The van der Waals surface area contributed by atoms with Crippen LogP contribution in [0, 0.1) is 0 Å². The van der Waals surface area contributed by atoms with Crippen LogP contribution in [-0.2, 0) is 12.8 Å². The SMILES string of the molecule is COc1ccc(-c2cc3nc4c(c(NN)n3n2)CCCC4)cc1. The van der Waals surface area contributed by atoms with Crippen molar-refractivity contribution in [3.05, 3.63) is 41.6 Å². The number of nitrogens with two attached hydrogens (primary N) is 1. The monoisotopic (exact) mass is 309 g/mol. The number of nitrogen functional groups attached to an aromatic ring is 1. The van der Waals surface area contributed by atoms with Gasteiger partial charge in [0.1, 0.15) is 11.6 Å². The van der Waals surface area contributed by atoms with Crippen LogP contribution in [0.1, 0.15) is 24.1 Å². The number of fused-ring (bicyclic) bond motifs is 2. The summed E-state index contributed by atoms with van der Waals surface area (Å²) in [5.41, 5.74) is 7.87. The molecule has 0 bridgehead atoms. The number of methoxy groups -OCH3 is 1. The van der Waals surface area contributed by atoms with Crippen molar-refractivity contribution in [3.8, 4) is 17.0 Å². The molecular formula is C17H19N5O. The third kappa shape index (κ3) is 2.31. The number of rotatable bonds is 3. The van der Waals surface area contributed by atoms with Crippen LogP contribution in [0.25, 0.3) is 16.9 Å². The second-order valence-electron chi connectivity index (χ2n) is 5.77. The van der Waals surface area contributed by atoms with Crippen LogP contribution in [0.15, 0.2) is 30.3 Å². The molecule has 23 heavy (non-hydrogen) atoms. The Kier molecular flexibility index (Phi) is 3.38. The van der Waals surface area contributed by atoms with Crippen molar-refractivity contribution < 1.29 is 4.74 Å². The molecule has 2 heterocycles. The minimum absolute atomic E-state index is 0.824. The number of aromatic nitrogens is 3.